The van der Waals surface area contributed by atoms with E-state index >= 15 is 0 Å². The molecule has 0 saturated heterocycles. The zero-order chi connectivity index (χ0) is 23.3. The maximum Gasteiger partial charge on any atom is 0.341 e. The summed E-state index contributed by atoms with van der Waals surface area (Å²) in [5, 5.41) is 4.64. The van der Waals surface area contributed by atoms with Gasteiger partial charge in [-0.2, -0.15) is 0 Å². The highest BCUT2D eigenvalue weighted by Gasteiger charge is 2.41. The Labute approximate surface area is 192 Å². The standard InChI is InChI=1S/C27H26N2O4/c1-27(2)13-18-23-16-6-5-11-28-19(16)9-10-20(23)29-25(24(18)21(30)14-27)15-7-8-17(26(31)33-4)22(12-15)32-3/h5-12,25,29H,13-14H2,1-4H3/t25-/m1/s1. The summed E-state index contributed by atoms with van der Waals surface area (Å²) in [6.07, 6.45) is 3.07. The average molecular weight is 443 g/mol. The van der Waals surface area contributed by atoms with Crippen molar-refractivity contribution in [2.24, 2.45) is 5.41 Å². The van der Waals surface area contributed by atoms with Crippen LogP contribution in [-0.4, -0.2) is 31.0 Å². The number of aromatic nitrogens is 1. The number of ketones is 1. The predicted octanol–water partition coefficient (Wildman–Crippen LogP) is 5.34. The summed E-state index contributed by atoms with van der Waals surface area (Å²) in [7, 11) is 2.86. The van der Waals surface area contributed by atoms with Crippen molar-refractivity contribution in [2.45, 2.75) is 32.7 Å². The molecular formula is C27H26N2O4. The van der Waals surface area contributed by atoms with Crippen LogP contribution in [0.1, 0.15) is 54.2 Å². The van der Waals surface area contributed by atoms with Crippen LogP contribution in [0.2, 0.25) is 0 Å². The number of nitrogens with zero attached hydrogens (tertiary/aromatic N) is 1. The SMILES string of the molecule is COC(=O)c1ccc([C@H]2Nc3ccc4ncccc4c3C3=C2C(=O)CC(C)(C)C3)cc1OC. The van der Waals surface area contributed by atoms with Crippen molar-refractivity contribution in [3.05, 3.63) is 70.9 Å². The molecule has 1 aromatic heterocycles. The number of esters is 1. The van der Waals surface area contributed by atoms with Gasteiger partial charge in [0.2, 0.25) is 0 Å². The van der Waals surface area contributed by atoms with E-state index in [1.807, 2.05) is 30.3 Å². The van der Waals surface area contributed by atoms with Crippen LogP contribution in [0.3, 0.4) is 0 Å². The lowest BCUT2D eigenvalue weighted by Gasteiger charge is -2.40. The predicted molar refractivity (Wildman–Crippen MR) is 127 cm³/mol. The summed E-state index contributed by atoms with van der Waals surface area (Å²) >= 11 is 0. The Morgan fingerprint density at radius 2 is 1.94 bits per heavy atom. The van der Waals surface area contributed by atoms with Gasteiger partial charge in [-0.1, -0.05) is 26.0 Å². The van der Waals surface area contributed by atoms with Crippen molar-refractivity contribution in [3.8, 4) is 5.75 Å². The van der Waals surface area contributed by atoms with Gasteiger partial charge >= 0.3 is 5.97 Å². The molecule has 2 aromatic carbocycles. The topological polar surface area (TPSA) is 77.5 Å². The monoisotopic (exact) mass is 442 g/mol. The van der Waals surface area contributed by atoms with Crippen molar-refractivity contribution in [3.63, 3.8) is 0 Å². The van der Waals surface area contributed by atoms with E-state index in [0.717, 1.165) is 45.3 Å². The molecule has 0 bridgehead atoms. The van der Waals surface area contributed by atoms with Crippen LogP contribution in [0, 0.1) is 5.41 Å². The lowest BCUT2D eigenvalue weighted by Crippen LogP contribution is -2.33. The number of benzene rings is 2. The zero-order valence-electron chi connectivity index (χ0n) is 19.2. The largest absolute Gasteiger partial charge is 0.496 e. The number of nitrogens with one attached hydrogen (secondary N) is 1. The zero-order valence-corrected chi connectivity index (χ0v) is 19.2. The number of methoxy groups -OCH3 is 2. The van der Waals surface area contributed by atoms with Crippen LogP contribution in [0.15, 0.2) is 54.2 Å². The summed E-state index contributed by atoms with van der Waals surface area (Å²) < 4.78 is 10.4. The van der Waals surface area contributed by atoms with Crippen molar-refractivity contribution < 1.29 is 19.1 Å². The second-order valence-electron chi connectivity index (χ2n) is 9.42. The molecular weight excluding hydrogens is 416 g/mol. The molecule has 33 heavy (non-hydrogen) atoms. The molecule has 1 atom stereocenters. The van der Waals surface area contributed by atoms with Gasteiger partial charge in [0.1, 0.15) is 11.3 Å². The maximum absolute atomic E-state index is 13.5. The second-order valence-corrected chi connectivity index (χ2v) is 9.42. The molecule has 2 heterocycles. The maximum atomic E-state index is 13.5. The van der Waals surface area contributed by atoms with E-state index in [1.54, 1.807) is 12.3 Å². The first-order valence-corrected chi connectivity index (χ1v) is 11.0. The molecule has 3 aromatic rings. The molecule has 6 heteroatoms. The molecule has 1 aliphatic heterocycles. The van der Waals surface area contributed by atoms with Gasteiger partial charge in [-0.3, -0.25) is 9.78 Å². The number of carbonyl (C=O) groups excluding carboxylic acids is 2. The lowest BCUT2D eigenvalue weighted by molar-refractivity contribution is -0.118. The van der Waals surface area contributed by atoms with Crippen molar-refractivity contribution in [1.82, 2.24) is 4.98 Å². The van der Waals surface area contributed by atoms with Crippen molar-refractivity contribution >= 4 is 33.9 Å². The normalized spacial score (nSPS) is 18.9. The van der Waals surface area contributed by atoms with Gasteiger partial charge < -0.3 is 14.8 Å². The van der Waals surface area contributed by atoms with E-state index in [-0.39, 0.29) is 17.2 Å². The van der Waals surface area contributed by atoms with Gasteiger partial charge in [-0.15, -0.1) is 0 Å². The molecule has 0 unspecified atom stereocenters. The molecule has 1 aliphatic carbocycles. The highest BCUT2D eigenvalue weighted by molar-refractivity contribution is 6.12. The Balaban J connectivity index is 1.73. The van der Waals surface area contributed by atoms with Gasteiger partial charge in [-0.25, -0.2) is 4.79 Å². The number of pyridine rings is 1. The van der Waals surface area contributed by atoms with Crippen LogP contribution < -0.4 is 10.1 Å². The molecule has 6 nitrogen and oxygen atoms in total. The molecule has 0 amide bonds. The van der Waals surface area contributed by atoms with E-state index < -0.39 is 5.97 Å². The van der Waals surface area contributed by atoms with Crippen LogP contribution in [0.5, 0.6) is 5.75 Å². The van der Waals surface area contributed by atoms with Crippen LogP contribution >= 0.6 is 0 Å². The summed E-state index contributed by atoms with van der Waals surface area (Å²) in [6, 6.07) is 13.1. The number of ether oxygens (including phenoxy) is 2. The summed E-state index contributed by atoms with van der Waals surface area (Å²) in [4.78, 5) is 30.2. The minimum Gasteiger partial charge on any atom is -0.496 e. The lowest BCUT2D eigenvalue weighted by atomic mass is 9.68. The number of Topliss-reactive ketones (excluding diaryl/α,β-unsaturated/α-hetero) is 1. The average Bonchev–Trinajstić information content (AvgIpc) is 2.81. The first-order valence-electron chi connectivity index (χ1n) is 11.0. The minimum absolute atomic E-state index is 0.133. The van der Waals surface area contributed by atoms with E-state index in [2.05, 4.69) is 30.2 Å². The molecule has 0 radical (unpaired) electrons. The number of allylic oxidation sites excluding steroid dienone is 1. The van der Waals surface area contributed by atoms with Crippen LogP contribution in [-0.2, 0) is 9.53 Å². The highest BCUT2D eigenvalue weighted by Crippen LogP contribution is 2.52. The van der Waals surface area contributed by atoms with E-state index in [9.17, 15) is 9.59 Å². The Bertz CT molecular complexity index is 1340. The van der Waals surface area contributed by atoms with E-state index in [4.69, 9.17) is 9.47 Å². The number of hydrogen-bond acceptors (Lipinski definition) is 6. The number of fused-ring (bicyclic) bond motifs is 4. The van der Waals surface area contributed by atoms with Crippen molar-refractivity contribution in [1.29, 1.82) is 0 Å². The molecule has 0 saturated carbocycles. The van der Waals surface area contributed by atoms with E-state index in [0.29, 0.717) is 17.7 Å². The molecule has 5 rings (SSSR count). The highest BCUT2D eigenvalue weighted by atomic mass is 16.5. The van der Waals surface area contributed by atoms with Crippen LogP contribution in [0.4, 0.5) is 5.69 Å². The van der Waals surface area contributed by atoms with Crippen LogP contribution in [0.25, 0.3) is 16.5 Å². The Morgan fingerprint density at radius 3 is 2.70 bits per heavy atom. The van der Waals surface area contributed by atoms with E-state index in [1.165, 1.54) is 14.2 Å². The van der Waals surface area contributed by atoms with Gasteiger partial charge in [0.05, 0.1) is 25.8 Å². The Morgan fingerprint density at radius 1 is 1.12 bits per heavy atom. The first-order chi connectivity index (χ1) is 15.8. The molecule has 168 valence electrons. The third-order valence-electron chi connectivity index (χ3n) is 6.56. The second kappa shape index (κ2) is 7.73. The fourth-order valence-electron chi connectivity index (χ4n) is 5.13. The van der Waals surface area contributed by atoms with Gasteiger partial charge in [0.25, 0.3) is 0 Å². The molecule has 2 aliphatic rings. The fraction of sp³-hybridized carbons (Fsp3) is 0.296. The quantitative estimate of drug-likeness (QED) is 0.552. The van der Waals surface area contributed by atoms with Gasteiger partial charge in [0.15, 0.2) is 5.78 Å². The number of carbonyl (C=O) groups is 2. The molecule has 0 spiro atoms. The van der Waals surface area contributed by atoms with Gasteiger partial charge in [-0.05, 0) is 53.3 Å². The summed E-state index contributed by atoms with van der Waals surface area (Å²) in [5.41, 5.74) is 5.87. The Kier molecular flexibility index (Phi) is 4.96. The molecule has 1 N–H and O–H groups in total. The smallest absolute Gasteiger partial charge is 0.341 e. The van der Waals surface area contributed by atoms with Crippen molar-refractivity contribution in [2.75, 3.05) is 19.5 Å². The third-order valence-corrected chi connectivity index (χ3v) is 6.56. The molecule has 0 fully saturated rings. The third kappa shape index (κ3) is 3.46. The fourth-order valence-corrected chi connectivity index (χ4v) is 5.13. The number of rotatable bonds is 3. The van der Waals surface area contributed by atoms with Gasteiger partial charge in [0, 0.05) is 34.8 Å². The number of anilines is 1. The first kappa shape index (κ1) is 21.2. The summed E-state index contributed by atoms with van der Waals surface area (Å²) in [5.74, 6) is 0.0939. The minimum atomic E-state index is -0.463. The summed E-state index contributed by atoms with van der Waals surface area (Å²) in [6.45, 7) is 4.28. The Hall–Kier alpha value is -3.67. The number of hydrogen-bond donors (Lipinski definition) is 1.